The fourth-order valence-corrected chi connectivity index (χ4v) is 4.92. The van der Waals surface area contributed by atoms with Crippen molar-refractivity contribution in [3.05, 3.63) is 52.3 Å². The van der Waals surface area contributed by atoms with E-state index in [1.54, 1.807) is 13.8 Å². The number of aromatic nitrogens is 1. The number of esters is 1. The molecule has 1 amide bonds. The molecule has 0 bridgehead atoms. The highest BCUT2D eigenvalue weighted by Gasteiger charge is 2.28. The fourth-order valence-electron chi connectivity index (χ4n) is 3.01. The van der Waals surface area contributed by atoms with Crippen LogP contribution in [0.15, 0.2) is 35.2 Å². The van der Waals surface area contributed by atoms with Gasteiger partial charge in [-0.05, 0) is 44.2 Å². The number of carbonyl (C=O) groups is 2. The number of nitrogens with zero attached hydrogens (tertiary/aromatic N) is 2. The summed E-state index contributed by atoms with van der Waals surface area (Å²) in [5.41, 5.74) is 0.926. The highest BCUT2D eigenvalue weighted by molar-refractivity contribution is 7.89. The van der Waals surface area contributed by atoms with E-state index in [0.717, 1.165) is 0 Å². The summed E-state index contributed by atoms with van der Waals surface area (Å²) in [6.07, 6.45) is 0. The first-order valence-corrected chi connectivity index (χ1v) is 11.4. The van der Waals surface area contributed by atoms with Crippen LogP contribution in [0.4, 0.5) is 5.69 Å². The molecule has 0 atom stereocenters. The number of sulfonamides is 1. The van der Waals surface area contributed by atoms with Crippen molar-refractivity contribution in [2.45, 2.75) is 18.7 Å². The predicted octanol–water partition coefficient (Wildman–Crippen LogP) is 2.49. The molecule has 0 saturated carbocycles. The van der Waals surface area contributed by atoms with Gasteiger partial charge in [-0.25, -0.2) is 18.2 Å². The van der Waals surface area contributed by atoms with Crippen LogP contribution in [0.1, 0.15) is 33.5 Å². The average molecular weight is 468 g/mol. The van der Waals surface area contributed by atoms with Crippen molar-refractivity contribution in [2.75, 3.05) is 38.2 Å². The third-order valence-electron chi connectivity index (χ3n) is 4.59. The highest BCUT2D eigenvalue weighted by atomic mass is 35.5. The van der Waals surface area contributed by atoms with Gasteiger partial charge in [0.1, 0.15) is 10.6 Å². The molecule has 1 N–H and O–H groups in total. The van der Waals surface area contributed by atoms with Gasteiger partial charge in [-0.2, -0.15) is 4.31 Å². The van der Waals surface area contributed by atoms with Crippen molar-refractivity contribution in [1.82, 2.24) is 9.29 Å². The number of amides is 1. The molecule has 1 aromatic carbocycles. The standard InChI is InChI=1S/C20H22ClN3O6S/c1-3-30-20(26)15-5-7-17(22-13(15)2)19(25)23-14-4-6-16(21)18(12-14)31(27,28)24-8-10-29-11-9-24/h4-7,12H,3,8-11H2,1-2H3,(H,23,25). The maximum atomic E-state index is 12.9. The Morgan fingerprint density at radius 3 is 2.58 bits per heavy atom. The van der Waals surface area contributed by atoms with E-state index < -0.39 is 21.9 Å². The summed E-state index contributed by atoms with van der Waals surface area (Å²) in [5, 5.41) is 2.67. The number of hydrogen-bond acceptors (Lipinski definition) is 7. The van der Waals surface area contributed by atoms with Gasteiger partial charge >= 0.3 is 5.97 Å². The second-order valence-electron chi connectivity index (χ2n) is 6.67. The topological polar surface area (TPSA) is 115 Å². The number of nitrogens with one attached hydrogen (secondary N) is 1. The van der Waals surface area contributed by atoms with Gasteiger partial charge in [-0.15, -0.1) is 0 Å². The first-order valence-electron chi connectivity index (χ1n) is 9.57. The Bertz CT molecular complexity index is 1100. The lowest BCUT2D eigenvalue weighted by Crippen LogP contribution is -2.40. The maximum Gasteiger partial charge on any atom is 0.339 e. The van der Waals surface area contributed by atoms with E-state index >= 15 is 0 Å². The van der Waals surface area contributed by atoms with Crippen molar-refractivity contribution < 1.29 is 27.5 Å². The Morgan fingerprint density at radius 1 is 1.23 bits per heavy atom. The monoisotopic (exact) mass is 467 g/mol. The lowest BCUT2D eigenvalue weighted by molar-refractivity contribution is 0.0524. The minimum Gasteiger partial charge on any atom is -0.462 e. The lowest BCUT2D eigenvalue weighted by atomic mass is 10.2. The zero-order valence-electron chi connectivity index (χ0n) is 17.1. The van der Waals surface area contributed by atoms with Crippen LogP contribution in [0.5, 0.6) is 0 Å². The Kier molecular flexibility index (Phi) is 7.26. The van der Waals surface area contributed by atoms with Gasteiger partial charge in [0.2, 0.25) is 10.0 Å². The molecular weight excluding hydrogens is 446 g/mol. The molecule has 2 aromatic rings. The molecule has 0 unspecified atom stereocenters. The molecule has 11 heteroatoms. The zero-order valence-corrected chi connectivity index (χ0v) is 18.6. The number of anilines is 1. The number of aryl methyl sites for hydroxylation is 1. The Labute approximate surface area is 185 Å². The number of ether oxygens (including phenoxy) is 2. The van der Waals surface area contributed by atoms with Gasteiger partial charge < -0.3 is 14.8 Å². The first-order chi connectivity index (χ1) is 14.7. The van der Waals surface area contributed by atoms with Crippen molar-refractivity contribution in [3.8, 4) is 0 Å². The van der Waals surface area contributed by atoms with E-state index in [2.05, 4.69) is 10.3 Å². The molecule has 3 rings (SSSR count). The molecule has 0 radical (unpaired) electrons. The molecule has 166 valence electrons. The third kappa shape index (κ3) is 5.21. The van der Waals surface area contributed by atoms with E-state index in [4.69, 9.17) is 21.1 Å². The summed E-state index contributed by atoms with van der Waals surface area (Å²) in [6, 6.07) is 7.08. The van der Waals surface area contributed by atoms with E-state index in [1.807, 2.05) is 0 Å². The minimum atomic E-state index is -3.84. The molecule has 0 aliphatic carbocycles. The largest absolute Gasteiger partial charge is 0.462 e. The average Bonchev–Trinajstić information content (AvgIpc) is 2.75. The second kappa shape index (κ2) is 9.73. The van der Waals surface area contributed by atoms with Gasteiger partial charge in [0.15, 0.2) is 0 Å². The fraction of sp³-hybridized carbons (Fsp3) is 0.350. The van der Waals surface area contributed by atoms with Crippen LogP contribution in [0.3, 0.4) is 0 Å². The van der Waals surface area contributed by atoms with E-state index in [9.17, 15) is 18.0 Å². The molecule has 0 spiro atoms. The number of pyridine rings is 1. The second-order valence-corrected chi connectivity index (χ2v) is 8.98. The highest BCUT2D eigenvalue weighted by Crippen LogP contribution is 2.28. The Morgan fingerprint density at radius 2 is 1.94 bits per heavy atom. The first kappa shape index (κ1) is 23.1. The molecule has 1 fully saturated rings. The van der Waals surface area contributed by atoms with Gasteiger partial charge in [0.05, 0.1) is 36.1 Å². The van der Waals surface area contributed by atoms with Crippen molar-refractivity contribution in [2.24, 2.45) is 0 Å². The van der Waals surface area contributed by atoms with Crippen LogP contribution in [-0.2, 0) is 19.5 Å². The molecular formula is C20H22ClN3O6S. The summed E-state index contributed by atoms with van der Waals surface area (Å²) >= 11 is 6.14. The Hall–Kier alpha value is -2.53. The number of carbonyl (C=O) groups excluding carboxylic acids is 2. The number of rotatable bonds is 6. The van der Waals surface area contributed by atoms with Gasteiger partial charge in [-0.3, -0.25) is 4.79 Å². The summed E-state index contributed by atoms with van der Waals surface area (Å²) in [6.45, 7) is 4.59. The molecule has 1 aliphatic rings. The van der Waals surface area contributed by atoms with Gasteiger partial charge in [0, 0.05) is 18.8 Å². The summed E-state index contributed by atoms with van der Waals surface area (Å²) in [5.74, 6) is -1.08. The minimum absolute atomic E-state index is 0.0530. The number of halogens is 1. The summed E-state index contributed by atoms with van der Waals surface area (Å²) < 4.78 is 37.3. The molecule has 1 saturated heterocycles. The van der Waals surface area contributed by atoms with E-state index in [-0.39, 0.29) is 46.6 Å². The van der Waals surface area contributed by atoms with Crippen LogP contribution in [0.2, 0.25) is 5.02 Å². The molecule has 9 nitrogen and oxygen atoms in total. The van der Waals surface area contributed by atoms with Crippen LogP contribution < -0.4 is 5.32 Å². The van der Waals surface area contributed by atoms with Crippen molar-refractivity contribution >= 4 is 39.2 Å². The lowest BCUT2D eigenvalue weighted by Gasteiger charge is -2.26. The van der Waals surface area contributed by atoms with Crippen LogP contribution in [-0.4, -0.2) is 62.5 Å². The molecule has 1 aliphatic heterocycles. The predicted molar refractivity (Wildman–Crippen MR) is 114 cm³/mol. The molecule has 2 heterocycles. The van der Waals surface area contributed by atoms with Crippen molar-refractivity contribution in [1.29, 1.82) is 0 Å². The third-order valence-corrected chi connectivity index (χ3v) is 6.97. The van der Waals surface area contributed by atoms with Crippen LogP contribution in [0.25, 0.3) is 0 Å². The normalized spacial score (nSPS) is 14.8. The zero-order chi connectivity index (χ0) is 22.6. The molecule has 1 aromatic heterocycles. The number of hydrogen-bond donors (Lipinski definition) is 1. The van der Waals surface area contributed by atoms with Crippen LogP contribution in [0, 0.1) is 6.92 Å². The summed E-state index contributed by atoms with van der Waals surface area (Å²) in [4.78, 5) is 28.6. The SMILES string of the molecule is CCOC(=O)c1ccc(C(=O)Nc2ccc(Cl)c(S(=O)(=O)N3CCOCC3)c2)nc1C. The number of benzene rings is 1. The van der Waals surface area contributed by atoms with Crippen molar-refractivity contribution in [3.63, 3.8) is 0 Å². The smallest absolute Gasteiger partial charge is 0.339 e. The van der Waals surface area contributed by atoms with E-state index in [1.165, 1.54) is 34.6 Å². The number of morpholine rings is 1. The van der Waals surface area contributed by atoms with E-state index in [0.29, 0.717) is 18.9 Å². The summed E-state index contributed by atoms with van der Waals surface area (Å²) in [7, 11) is -3.84. The van der Waals surface area contributed by atoms with Gasteiger partial charge in [0.25, 0.3) is 5.91 Å². The molecule has 31 heavy (non-hydrogen) atoms. The maximum absolute atomic E-state index is 12.9. The quantitative estimate of drug-likeness (QED) is 0.649. The van der Waals surface area contributed by atoms with Gasteiger partial charge in [-0.1, -0.05) is 11.6 Å². The Balaban J connectivity index is 1.82. The van der Waals surface area contributed by atoms with Crippen LogP contribution >= 0.6 is 11.6 Å².